The minimum Gasteiger partial charge on any atom is -0.286 e. The van der Waals surface area contributed by atoms with Crippen LogP contribution in [0.25, 0.3) is 0 Å². The molecule has 0 spiro atoms. The molecular weight excluding hydrogens is 208 g/mol. The zero-order chi connectivity index (χ0) is 11.1. The van der Waals surface area contributed by atoms with Gasteiger partial charge in [-0.2, -0.15) is 5.26 Å². The summed E-state index contributed by atoms with van der Waals surface area (Å²) in [6.45, 7) is 4.32. The van der Waals surface area contributed by atoms with E-state index in [0.29, 0.717) is 6.54 Å². The molecule has 0 aliphatic rings. The molecule has 0 radical (unpaired) electrons. The van der Waals surface area contributed by atoms with Crippen molar-refractivity contribution in [1.29, 1.82) is 5.26 Å². The molecule has 0 aliphatic carbocycles. The first-order valence-electron chi connectivity index (χ1n) is 5.10. The van der Waals surface area contributed by atoms with Gasteiger partial charge in [0.1, 0.15) is 0 Å². The molecule has 0 atom stereocenters. The molecule has 0 bridgehead atoms. The summed E-state index contributed by atoms with van der Waals surface area (Å²) in [7, 11) is 0. The second kappa shape index (κ2) is 6.44. The summed E-state index contributed by atoms with van der Waals surface area (Å²) in [5.41, 5.74) is 1.16. The van der Waals surface area contributed by atoms with E-state index in [-0.39, 0.29) is 0 Å². The third-order valence-corrected chi connectivity index (χ3v) is 2.36. The molecule has 80 valence electrons. The van der Waals surface area contributed by atoms with Gasteiger partial charge in [-0.15, -0.1) is 0 Å². The molecule has 0 saturated heterocycles. The molecule has 0 N–H and O–H groups in total. The largest absolute Gasteiger partial charge is 0.286 e. The molecule has 1 aromatic carbocycles. The Morgan fingerprint density at radius 2 is 2.27 bits per heavy atom. The van der Waals surface area contributed by atoms with E-state index in [4.69, 9.17) is 16.9 Å². The molecule has 0 fully saturated rings. The van der Waals surface area contributed by atoms with Gasteiger partial charge in [0.25, 0.3) is 0 Å². The van der Waals surface area contributed by atoms with Crippen molar-refractivity contribution in [3.05, 3.63) is 34.9 Å². The monoisotopic (exact) mass is 222 g/mol. The van der Waals surface area contributed by atoms with E-state index < -0.39 is 0 Å². The van der Waals surface area contributed by atoms with Crippen molar-refractivity contribution in [2.45, 2.75) is 19.9 Å². The lowest BCUT2D eigenvalue weighted by atomic mass is 10.2. The summed E-state index contributed by atoms with van der Waals surface area (Å²) in [5.74, 6) is 0. The summed E-state index contributed by atoms with van der Waals surface area (Å²) in [6, 6.07) is 9.96. The highest BCUT2D eigenvalue weighted by molar-refractivity contribution is 6.30. The fourth-order valence-electron chi connectivity index (χ4n) is 1.52. The molecule has 3 heteroatoms. The minimum absolute atomic E-state index is 0.473. The fraction of sp³-hybridized carbons (Fsp3) is 0.417. The molecule has 0 aliphatic heterocycles. The number of nitriles is 1. The van der Waals surface area contributed by atoms with Crippen LogP contribution in [-0.4, -0.2) is 18.0 Å². The highest BCUT2D eigenvalue weighted by Gasteiger charge is 2.04. The predicted octanol–water partition coefficient (Wildman–Crippen LogP) is 3.08. The summed E-state index contributed by atoms with van der Waals surface area (Å²) in [4.78, 5) is 2.12. The Balaban J connectivity index is 2.61. The second-order valence-electron chi connectivity index (χ2n) is 3.50. The average Bonchev–Trinajstić information content (AvgIpc) is 2.18. The highest BCUT2D eigenvalue weighted by Crippen LogP contribution is 2.12. The third kappa shape index (κ3) is 4.33. The molecule has 0 unspecified atom stereocenters. The zero-order valence-corrected chi connectivity index (χ0v) is 9.67. The average molecular weight is 223 g/mol. The number of halogens is 1. The van der Waals surface area contributed by atoms with E-state index in [0.717, 1.165) is 30.1 Å². The summed E-state index contributed by atoms with van der Waals surface area (Å²) < 4.78 is 0. The minimum atomic E-state index is 0.473. The van der Waals surface area contributed by atoms with E-state index in [2.05, 4.69) is 17.9 Å². The first-order chi connectivity index (χ1) is 7.26. The van der Waals surface area contributed by atoms with Gasteiger partial charge in [-0.3, -0.25) is 4.90 Å². The van der Waals surface area contributed by atoms with Gasteiger partial charge in [0.05, 0.1) is 12.6 Å². The van der Waals surface area contributed by atoms with Crippen molar-refractivity contribution in [2.75, 3.05) is 13.1 Å². The SMILES string of the molecule is CCCN(CC#N)Cc1cccc(Cl)c1. The number of hydrogen-bond donors (Lipinski definition) is 0. The van der Waals surface area contributed by atoms with Crippen LogP contribution in [0.4, 0.5) is 0 Å². The Morgan fingerprint density at radius 1 is 1.47 bits per heavy atom. The molecule has 0 aromatic heterocycles. The molecular formula is C12H15ClN2. The van der Waals surface area contributed by atoms with E-state index in [9.17, 15) is 0 Å². The van der Waals surface area contributed by atoms with Gasteiger partial charge in [-0.1, -0.05) is 30.7 Å². The van der Waals surface area contributed by atoms with Crippen molar-refractivity contribution in [2.24, 2.45) is 0 Å². The lowest BCUT2D eigenvalue weighted by Crippen LogP contribution is -2.24. The number of benzene rings is 1. The maximum absolute atomic E-state index is 8.68. The molecule has 0 saturated carbocycles. The Morgan fingerprint density at radius 3 is 2.87 bits per heavy atom. The van der Waals surface area contributed by atoms with Gasteiger partial charge < -0.3 is 0 Å². The van der Waals surface area contributed by atoms with Crippen molar-refractivity contribution in [1.82, 2.24) is 4.90 Å². The maximum atomic E-state index is 8.68. The van der Waals surface area contributed by atoms with Crippen LogP contribution in [-0.2, 0) is 6.54 Å². The van der Waals surface area contributed by atoms with Crippen LogP contribution >= 0.6 is 11.6 Å². The molecule has 1 aromatic rings. The van der Waals surface area contributed by atoms with Crippen LogP contribution in [0, 0.1) is 11.3 Å². The molecule has 0 amide bonds. The maximum Gasteiger partial charge on any atom is 0.0868 e. The molecule has 15 heavy (non-hydrogen) atoms. The Kier molecular flexibility index (Phi) is 5.17. The highest BCUT2D eigenvalue weighted by atomic mass is 35.5. The van der Waals surface area contributed by atoms with E-state index in [1.165, 1.54) is 0 Å². The van der Waals surface area contributed by atoms with Crippen molar-refractivity contribution >= 4 is 11.6 Å². The normalized spacial score (nSPS) is 10.3. The van der Waals surface area contributed by atoms with Crippen LogP contribution in [0.1, 0.15) is 18.9 Å². The molecule has 0 heterocycles. The lowest BCUT2D eigenvalue weighted by Gasteiger charge is -2.18. The van der Waals surface area contributed by atoms with E-state index in [1.54, 1.807) is 0 Å². The van der Waals surface area contributed by atoms with Crippen LogP contribution in [0.15, 0.2) is 24.3 Å². The Bertz CT molecular complexity index is 344. The predicted molar refractivity (Wildman–Crippen MR) is 62.6 cm³/mol. The van der Waals surface area contributed by atoms with Gasteiger partial charge in [-0.25, -0.2) is 0 Å². The third-order valence-electron chi connectivity index (χ3n) is 2.13. The van der Waals surface area contributed by atoms with Gasteiger partial charge in [-0.05, 0) is 30.7 Å². The smallest absolute Gasteiger partial charge is 0.0868 e. The first-order valence-corrected chi connectivity index (χ1v) is 5.47. The number of hydrogen-bond acceptors (Lipinski definition) is 2. The lowest BCUT2D eigenvalue weighted by molar-refractivity contribution is 0.298. The standard InChI is InChI=1S/C12H15ClN2/c1-2-7-15(8-6-14)10-11-4-3-5-12(13)9-11/h3-5,9H,2,7-8,10H2,1H3. The van der Waals surface area contributed by atoms with Crippen molar-refractivity contribution in [3.8, 4) is 6.07 Å². The second-order valence-corrected chi connectivity index (χ2v) is 3.94. The molecule has 2 nitrogen and oxygen atoms in total. The number of rotatable bonds is 5. The van der Waals surface area contributed by atoms with Gasteiger partial charge in [0, 0.05) is 11.6 Å². The summed E-state index contributed by atoms with van der Waals surface area (Å²) in [5, 5.41) is 9.43. The van der Waals surface area contributed by atoms with E-state index >= 15 is 0 Å². The quantitative estimate of drug-likeness (QED) is 0.716. The van der Waals surface area contributed by atoms with Crippen LogP contribution in [0.5, 0.6) is 0 Å². The van der Waals surface area contributed by atoms with Crippen LogP contribution in [0.2, 0.25) is 5.02 Å². The summed E-state index contributed by atoms with van der Waals surface area (Å²) >= 11 is 5.90. The van der Waals surface area contributed by atoms with E-state index in [1.807, 2.05) is 24.3 Å². The molecule has 1 rings (SSSR count). The topological polar surface area (TPSA) is 27.0 Å². The summed E-state index contributed by atoms with van der Waals surface area (Å²) in [6.07, 6.45) is 1.06. The Hall–Kier alpha value is -1.04. The van der Waals surface area contributed by atoms with Gasteiger partial charge in [0.15, 0.2) is 0 Å². The number of nitrogens with zero attached hydrogens (tertiary/aromatic N) is 2. The van der Waals surface area contributed by atoms with Gasteiger partial charge >= 0.3 is 0 Å². The van der Waals surface area contributed by atoms with Crippen LogP contribution in [0.3, 0.4) is 0 Å². The Labute approximate surface area is 96.1 Å². The van der Waals surface area contributed by atoms with Crippen molar-refractivity contribution in [3.63, 3.8) is 0 Å². The first kappa shape index (κ1) is 12.0. The van der Waals surface area contributed by atoms with Gasteiger partial charge in [0.2, 0.25) is 0 Å². The zero-order valence-electron chi connectivity index (χ0n) is 8.91. The van der Waals surface area contributed by atoms with Crippen molar-refractivity contribution < 1.29 is 0 Å². The fourth-order valence-corrected chi connectivity index (χ4v) is 1.74. The van der Waals surface area contributed by atoms with Crippen LogP contribution < -0.4 is 0 Å².